The number of ether oxygens (including phenoxy) is 1. The fraction of sp³-hybridized carbons (Fsp3) is 0.333. The highest BCUT2D eigenvalue weighted by atomic mass is 16.6. The molecule has 0 aliphatic carbocycles. The maximum Gasteiger partial charge on any atom is 0.340 e. The Bertz CT molecular complexity index is 331. The molecule has 1 rings (SSSR count). The molecule has 0 aliphatic heterocycles. The van der Waals surface area contributed by atoms with Crippen LogP contribution in [0.5, 0.6) is 5.75 Å². The first-order valence-electron chi connectivity index (χ1n) is 5.11. The first-order valence-corrected chi connectivity index (χ1v) is 5.11. The van der Waals surface area contributed by atoms with E-state index in [0.29, 0.717) is 24.8 Å². The van der Waals surface area contributed by atoms with Gasteiger partial charge in [-0.25, -0.2) is 4.79 Å². The number of aliphatic hydroxyl groups excluding tert-OH is 1. The van der Waals surface area contributed by atoms with Gasteiger partial charge >= 0.3 is 5.97 Å². The number of phenols is 1. The topological polar surface area (TPSA) is 66.8 Å². The van der Waals surface area contributed by atoms with E-state index in [4.69, 9.17) is 9.84 Å². The van der Waals surface area contributed by atoms with Crippen molar-refractivity contribution >= 4 is 5.97 Å². The summed E-state index contributed by atoms with van der Waals surface area (Å²) in [6.07, 6.45) is 0.675. The maximum absolute atomic E-state index is 11.5. The first kappa shape index (κ1) is 12.5. The monoisotopic (exact) mass is 223 g/mol. The Hall–Kier alpha value is -1.55. The number of hydrogen-bond acceptors (Lipinski definition) is 4. The number of rotatable bonds is 5. The fourth-order valence-electron chi connectivity index (χ4n) is 1.17. The number of aliphatic hydroxyl groups is 1. The van der Waals surface area contributed by atoms with Crippen LogP contribution in [-0.4, -0.2) is 22.5 Å². The van der Waals surface area contributed by atoms with Gasteiger partial charge in [0.25, 0.3) is 0 Å². The molecular weight excluding hydrogens is 208 g/mol. The van der Waals surface area contributed by atoms with Crippen LogP contribution in [0.4, 0.5) is 0 Å². The molecule has 0 bridgehead atoms. The molecule has 1 aromatic rings. The molecule has 0 saturated heterocycles. The lowest BCUT2D eigenvalue weighted by Crippen LogP contribution is -2.17. The van der Waals surface area contributed by atoms with Crippen molar-refractivity contribution in [2.24, 2.45) is 0 Å². The van der Waals surface area contributed by atoms with Gasteiger partial charge in [-0.3, -0.25) is 0 Å². The van der Waals surface area contributed by atoms with Crippen molar-refractivity contribution < 1.29 is 19.7 Å². The molecule has 0 aromatic heterocycles. The molecule has 4 heteroatoms. The molecule has 1 unspecified atom stereocenters. The van der Waals surface area contributed by atoms with Gasteiger partial charge in [0.1, 0.15) is 5.75 Å². The number of hydrogen-bond donors (Lipinski definition) is 2. The molecule has 0 aliphatic rings. The van der Waals surface area contributed by atoms with Gasteiger partial charge in [0, 0.05) is 6.42 Å². The third-order valence-corrected chi connectivity index (χ3v) is 2.05. The number of unbranched alkanes of at least 4 members (excludes halogenated alkanes) is 1. The smallest absolute Gasteiger partial charge is 0.340 e. The lowest BCUT2D eigenvalue weighted by atomic mass is 10.2. The zero-order valence-electron chi connectivity index (χ0n) is 8.93. The molecule has 87 valence electrons. The van der Waals surface area contributed by atoms with Crippen LogP contribution >= 0.6 is 0 Å². The zero-order chi connectivity index (χ0) is 12.0. The minimum atomic E-state index is -1.09. The zero-order valence-corrected chi connectivity index (χ0v) is 8.93. The van der Waals surface area contributed by atoms with Crippen LogP contribution in [0.3, 0.4) is 0 Å². The molecule has 0 spiro atoms. The van der Waals surface area contributed by atoms with Crippen molar-refractivity contribution in [3.63, 3.8) is 0 Å². The van der Waals surface area contributed by atoms with Gasteiger partial charge in [-0.15, -0.1) is 0 Å². The lowest BCUT2D eigenvalue weighted by molar-refractivity contribution is -0.0690. The Morgan fingerprint density at radius 1 is 1.38 bits per heavy atom. The van der Waals surface area contributed by atoms with E-state index in [1.807, 2.05) is 0 Å². The van der Waals surface area contributed by atoms with E-state index in [-0.39, 0.29) is 5.75 Å². The Morgan fingerprint density at radius 3 is 2.56 bits per heavy atom. The minimum Gasteiger partial charge on any atom is -0.508 e. The summed E-state index contributed by atoms with van der Waals surface area (Å²) in [4.78, 5) is 11.5. The van der Waals surface area contributed by atoms with Crippen molar-refractivity contribution in [1.82, 2.24) is 0 Å². The Morgan fingerprint density at radius 2 is 2.00 bits per heavy atom. The molecule has 1 radical (unpaired) electrons. The van der Waals surface area contributed by atoms with E-state index in [1.54, 1.807) is 0 Å². The second-order valence-corrected chi connectivity index (χ2v) is 3.40. The molecule has 4 nitrogen and oxygen atoms in total. The second kappa shape index (κ2) is 6.12. The molecule has 1 aromatic carbocycles. The summed E-state index contributed by atoms with van der Waals surface area (Å²) in [5.41, 5.74) is 0.298. The average Bonchev–Trinajstić information content (AvgIpc) is 2.27. The highest BCUT2D eigenvalue weighted by molar-refractivity contribution is 5.89. The van der Waals surface area contributed by atoms with Crippen LogP contribution in [0.1, 0.15) is 29.6 Å². The maximum atomic E-state index is 11.5. The number of carbonyl (C=O) groups excluding carboxylic acids is 1. The number of carbonyl (C=O) groups is 1. The molecule has 0 fully saturated rings. The van der Waals surface area contributed by atoms with Crippen LogP contribution in [0.2, 0.25) is 0 Å². The Balaban J connectivity index is 2.48. The highest BCUT2D eigenvalue weighted by Crippen LogP contribution is 2.12. The summed E-state index contributed by atoms with van der Waals surface area (Å²) >= 11 is 0. The quantitative estimate of drug-likeness (QED) is 0.590. The van der Waals surface area contributed by atoms with Crippen LogP contribution in [0.25, 0.3) is 0 Å². The van der Waals surface area contributed by atoms with Crippen molar-refractivity contribution in [2.45, 2.75) is 25.6 Å². The summed E-state index contributed by atoms with van der Waals surface area (Å²) in [6, 6.07) is 5.65. The average molecular weight is 223 g/mol. The van der Waals surface area contributed by atoms with Crippen LogP contribution in [-0.2, 0) is 4.74 Å². The molecule has 0 saturated carbocycles. The highest BCUT2D eigenvalue weighted by Gasteiger charge is 2.12. The van der Waals surface area contributed by atoms with Gasteiger partial charge < -0.3 is 14.9 Å². The van der Waals surface area contributed by atoms with Gasteiger partial charge in [0.2, 0.25) is 6.29 Å². The van der Waals surface area contributed by atoms with E-state index in [0.717, 1.165) is 0 Å². The molecule has 2 N–H and O–H groups in total. The summed E-state index contributed by atoms with van der Waals surface area (Å²) in [7, 11) is 0. The van der Waals surface area contributed by atoms with Crippen molar-refractivity contribution in [3.05, 3.63) is 36.8 Å². The number of benzene rings is 1. The van der Waals surface area contributed by atoms with Gasteiger partial charge in [0.15, 0.2) is 0 Å². The third-order valence-electron chi connectivity index (χ3n) is 2.05. The molecule has 0 heterocycles. The molecule has 0 amide bonds. The summed E-state index contributed by atoms with van der Waals surface area (Å²) in [5, 5.41) is 18.4. The lowest BCUT2D eigenvalue weighted by Gasteiger charge is -2.11. The van der Waals surface area contributed by atoms with Crippen molar-refractivity contribution in [3.8, 4) is 5.75 Å². The van der Waals surface area contributed by atoms with Crippen LogP contribution in [0.15, 0.2) is 24.3 Å². The van der Waals surface area contributed by atoms with Crippen molar-refractivity contribution in [2.75, 3.05) is 0 Å². The second-order valence-electron chi connectivity index (χ2n) is 3.40. The minimum absolute atomic E-state index is 0.0779. The SMILES string of the molecule is [CH2]CCCC(O)OC(=O)c1ccc(O)cc1. The summed E-state index contributed by atoms with van der Waals surface area (Å²) in [6.45, 7) is 3.63. The van der Waals surface area contributed by atoms with E-state index >= 15 is 0 Å². The van der Waals surface area contributed by atoms with E-state index in [1.165, 1.54) is 24.3 Å². The standard InChI is InChI=1S/C12H15O4/c1-2-3-4-11(14)16-12(15)9-5-7-10(13)8-6-9/h5-8,11,13-14H,1-4H2. The molecule has 16 heavy (non-hydrogen) atoms. The third kappa shape index (κ3) is 3.90. The van der Waals surface area contributed by atoms with Crippen LogP contribution < -0.4 is 0 Å². The Labute approximate surface area is 94.5 Å². The number of phenolic OH excluding ortho intramolecular Hbond substituents is 1. The van der Waals surface area contributed by atoms with Crippen LogP contribution in [0, 0.1) is 6.92 Å². The number of aromatic hydroxyl groups is 1. The van der Waals surface area contributed by atoms with E-state index < -0.39 is 12.3 Å². The van der Waals surface area contributed by atoms with E-state index in [2.05, 4.69) is 6.92 Å². The predicted octanol–water partition coefficient (Wildman–Crippen LogP) is 1.87. The van der Waals surface area contributed by atoms with Gasteiger partial charge in [0.05, 0.1) is 5.56 Å². The summed E-state index contributed by atoms with van der Waals surface area (Å²) in [5.74, 6) is -0.522. The predicted molar refractivity (Wildman–Crippen MR) is 58.7 cm³/mol. The number of esters is 1. The van der Waals surface area contributed by atoms with E-state index in [9.17, 15) is 9.90 Å². The fourth-order valence-corrected chi connectivity index (χ4v) is 1.17. The normalized spacial score (nSPS) is 12.1. The molecular formula is C12H15O4. The van der Waals surface area contributed by atoms with Gasteiger partial charge in [-0.2, -0.15) is 0 Å². The largest absolute Gasteiger partial charge is 0.508 e. The molecule has 1 atom stereocenters. The van der Waals surface area contributed by atoms with Crippen molar-refractivity contribution in [1.29, 1.82) is 0 Å². The first-order chi connectivity index (χ1) is 7.63. The van der Waals surface area contributed by atoms with Gasteiger partial charge in [-0.05, 0) is 30.7 Å². The summed E-state index contributed by atoms with van der Waals surface area (Å²) < 4.78 is 4.79. The van der Waals surface area contributed by atoms with Gasteiger partial charge in [-0.1, -0.05) is 13.3 Å². The Kier molecular flexibility index (Phi) is 4.79.